The fourth-order valence-corrected chi connectivity index (χ4v) is 3.29. The van der Waals surface area contributed by atoms with Gasteiger partial charge in [-0.25, -0.2) is 4.79 Å². The molecule has 1 aliphatic carbocycles. The highest BCUT2D eigenvalue weighted by Gasteiger charge is 2.26. The minimum Gasteiger partial charge on any atom is -0.448 e. The Labute approximate surface area is 141 Å². The van der Waals surface area contributed by atoms with Crippen molar-refractivity contribution in [1.29, 1.82) is 0 Å². The van der Waals surface area contributed by atoms with Crippen LogP contribution in [0.5, 0.6) is 0 Å². The standard InChI is InChI=1S/C19H24N2O3/c1-12-7-3-5-9-15(12)21-18(22)13(2)24-19(23)17-11-14-8-4-6-10-16(14)20-17/h4,6,8,10-13,15,20H,3,5,7,9H2,1-2H3,(H,21,22)/t12-,13-,15+/m1/s1. The van der Waals surface area contributed by atoms with Crippen LogP contribution in [0.15, 0.2) is 30.3 Å². The first kappa shape index (κ1) is 16.6. The normalized spacial score (nSPS) is 22.1. The topological polar surface area (TPSA) is 71.2 Å². The average molecular weight is 328 g/mol. The number of ether oxygens (including phenoxy) is 1. The Bertz CT molecular complexity index is 704. The number of rotatable bonds is 4. The van der Waals surface area contributed by atoms with Crippen LogP contribution in [0, 0.1) is 5.92 Å². The van der Waals surface area contributed by atoms with Crippen LogP contribution in [-0.4, -0.2) is 29.0 Å². The van der Waals surface area contributed by atoms with Crippen molar-refractivity contribution < 1.29 is 14.3 Å². The molecule has 0 unspecified atom stereocenters. The van der Waals surface area contributed by atoms with Gasteiger partial charge in [0.25, 0.3) is 5.91 Å². The zero-order valence-electron chi connectivity index (χ0n) is 14.2. The van der Waals surface area contributed by atoms with Crippen LogP contribution in [-0.2, 0) is 9.53 Å². The molecular formula is C19H24N2O3. The first-order chi connectivity index (χ1) is 11.5. The highest BCUT2D eigenvalue weighted by molar-refractivity contribution is 5.96. The molecule has 1 saturated carbocycles. The number of amides is 1. The number of para-hydroxylation sites is 1. The van der Waals surface area contributed by atoms with E-state index >= 15 is 0 Å². The summed E-state index contributed by atoms with van der Waals surface area (Å²) in [6, 6.07) is 9.55. The highest BCUT2D eigenvalue weighted by atomic mass is 16.5. The van der Waals surface area contributed by atoms with Gasteiger partial charge in [0.15, 0.2) is 6.10 Å². The molecule has 1 amide bonds. The van der Waals surface area contributed by atoms with E-state index < -0.39 is 12.1 Å². The number of aromatic nitrogens is 1. The molecule has 0 spiro atoms. The highest BCUT2D eigenvalue weighted by Crippen LogP contribution is 2.24. The minimum atomic E-state index is -0.807. The summed E-state index contributed by atoms with van der Waals surface area (Å²) in [6.45, 7) is 3.77. The van der Waals surface area contributed by atoms with Crippen LogP contribution < -0.4 is 5.32 Å². The number of H-pyrrole nitrogens is 1. The number of hydrogen-bond donors (Lipinski definition) is 2. The van der Waals surface area contributed by atoms with E-state index in [2.05, 4.69) is 17.2 Å². The number of nitrogens with one attached hydrogen (secondary N) is 2. The van der Waals surface area contributed by atoms with Crippen LogP contribution in [0.3, 0.4) is 0 Å². The molecule has 1 aliphatic rings. The molecule has 0 radical (unpaired) electrons. The minimum absolute atomic E-state index is 0.181. The third kappa shape index (κ3) is 3.61. The summed E-state index contributed by atoms with van der Waals surface area (Å²) in [6.07, 6.45) is 3.68. The molecule has 1 aromatic carbocycles. The number of carbonyl (C=O) groups excluding carboxylic acids is 2. The van der Waals surface area contributed by atoms with Crippen molar-refractivity contribution in [2.45, 2.75) is 51.7 Å². The van der Waals surface area contributed by atoms with Gasteiger partial charge in [0.2, 0.25) is 0 Å². The van der Waals surface area contributed by atoms with Gasteiger partial charge in [0.05, 0.1) is 0 Å². The van der Waals surface area contributed by atoms with Gasteiger partial charge in [0, 0.05) is 16.9 Å². The molecule has 0 aliphatic heterocycles. The lowest BCUT2D eigenvalue weighted by Gasteiger charge is -2.30. The van der Waals surface area contributed by atoms with Gasteiger partial charge >= 0.3 is 5.97 Å². The Morgan fingerprint density at radius 3 is 2.75 bits per heavy atom. The summed E-state index contributed by atoms with van der Waals surface area (Å²) in [5.41, 5.74) is 1.24. The van der Waals surface area contributed by atoms with Gasteiger partial charge in [-0.2, -0.15) is 0 Å². The molecule has 1 aromatic heterocycles. The van der Waals surface area contributed by atoms with E-state index in [-0.39, 0.29) is 11.9 Å². The lowest BCUT2D eigenvalue weighted by atomic mass is 9.86. The molecule has 1 heterocycles. The van der Waals surface area contributed by atoms with Gasteiger partial charge in [-0.1, -0.05) is 38.0 Å². The van der Waals surface area contributed by atoms with E-state index in [9.17, 15) is 9.59 Å². The Kier molecular flexibility index (Phi) is 4.88. The fraction of sp³-hybridized carbons (Fsp3) is 0.474. The van der Waals surface area contributed by atoms with Gasteiger partial charge in [-0.3, -0.25) is 4.79 Å². The Balaban J connectivity index is 1.59. The Hall–Kier alpha value is -2.30. The number of benzene rings is 1. The number of fused-ring (bicyclic) bond motifs is 1. The second kappa shape index (κ2) is 7.07. The van der Waals surface area contributed by atoms with Gasteiger partial charge in [-0.05, 0) is 37.8 Å². The summed E-state index contributed by atoms with van der Waals surface area (Å²) in [7, 11) is 0. The Morgan fingerprint density at radius 2 is 2.00 bits per heavy atom. The zero-order valence-corrected chi connectivity index (χ0v) is 14.2. The molecule has 128 valence electrons. The van der Waals surface area contributed by atoms with Gasteiger partial charge in [-0.15, -0.1) is 0 Å². The first-order valence-electron chi connectivity index (χ1n) is 8.63. The lowest BCUT2D eigenvalue weighted by molar-refractivity contribution is -0.130. The summed E-state index contributed by atoms with van der Waals surface area (Å²) in [5.74, 6) is -0.261. The summed E-state index contributed by atoms with van der Waals surface area (Å²) in [5, 5.41) is 3.97. The van der Waals surface area contributed by atoms with Gasteiger partial charge in [0.1, 0.15) is 5.69 Å². The maximum atomic E-state index is 12.3. The summed E-state index contributed by atoms with van der Waals surface area (Å²) >= 11 is 0. The van der Waals surface area contributed by atoms with Crippen molar-refractivity contribution in [3.8, 4) is 0 Å². The molecule has 2 N–H and O–H groups in total. The zero-order chi connectivity index (χ0) is 17.1. The number of esters is 1. The predicted octanol–water partition coefficient (Wildman–Crippen LogP) is 3.41. The molecule has 0 saturated heterocycles. The molecule has 1 fully saturated rings. The maximum Gasteiger partial charge on any atom is 0.355 e. The van der Waals surface area contributed by atoms with Crippen LogP contribution in [0.1, 0.15) is 50.0 Å². The number of hydrogen-bond acceptors (Lipinski definition) is 3. The molecule has 5 heteroatoms. The van der Waals surface area contributed by atoms with Crippen molar-refractivity contribution in [3.63, 3.8) is 0 Å². The van der Waals surface area contributed by atoms with E-state index in [4.69, 9.17) is 4.74 Å². The molecule has 0 bridgehead atoms. The van der Waals surface area contributed by atoms with Crippen molar-refractivity contribution in [2.75, 3.05) is 0 Å². The second-order valence-electron chi connectivity index (χ2n) is 6.69. The molecule has 2 aromatic rings. The number of aromatic amines is 1. The average Bonchev–Trinajstić information content (AvgIpc) is 3.01. The van der Waals surface area contributed by atoms with Crippen molar-refractivity contribution in [2.24, 2.45) is 5.92 Å². The van der Waals surface area contributed by atoms with Crippen molar-refractivity contribution >= 4 is 22.8 Å². The molecule has 3 atom stereocenters. The van der Waals surface area contributed by atoms with E-state index in [1.807, 2.05) is 24.3 Å². The molecule has 24 heavy (non-hydrogen) atoms. The van der Waals surface area contributed by atoms with Crippen LogP contribution >= 0.6 is 0 Å². The van der Waals surface area contributed by atoms with Crippen molar-refractivity contribution in [3.05, 3.63) is 36.0 Å². The van der Waals surface area contributed by atoms with Crippen LogP contribution in [0.4, 0.5) is 0 Å². The smallest absolute Gasteiger partial charge is 0.355 e. The summed E-state index contributed by atoms with van der Waals surface area (Å²) in [4.78, 5) is 27.6. The Morgan fingerprint density at radius 1 is 1.25 bits per heavy atom. The largest absolute Gasteiger partial charge is 0.448 e. The molecule has 3 rings (SSSR count). The third-order valence-electron chi connectivity index (χ3n) is 4.84. The monoisotopic (exact) mass is 328 g/mol. The van der Waals surface area contributed by atoms with Crippen LogP contribution in [0.25, 0.3) is 10.9 Å². The maximum absolute atomic E-state index is 12.3. The second-order valence-corrected chi connectivity index (χ2v) is 6.69. The molecule has 5 nitrogen and oxygen atoms in total. The lowest BCUT2D eigenvalue weighted by Crippen LogP contribution is -2.46. The first-order valence-corrected chi connectivity index (χ1v) is 8.63. The quantitative estimate of drug-likeness (QED) is 0.845. The SMILES string of the molecule is C[C@@H]1CCCC[C@@H]1NC(=O)[C@@H](C)OC(=O)c1cc2ccccc2[nH]1. The van der Waals surface area contributed by atoms with Crippen LogP contribution in [0.2, 0.25) is 0 Å². The predicted molar refractivity (Wildman–Crippen MR) is 92.7 cm³/mol. The fourth-order valence-electron chi connectivity index (χ4n) is 3.29. The van der Waals surface area contributed by atoms with E-state index in [0.717, 1.165) is 30.2 Å². The van der Waals surface area contributed by atoms with Gasteiger partial charge < -0.3 is 15.0 Å². The third-order valence-corrected chi connectivity index (χ3v) is 4.84. The molecular weight excluding hydrogens is 304 g/mol. The van der Waals surface area contributed by atoms with E-state index in [0.29, 0.717) is 11.6 Å². The van der Waals surface area contributed by atoms with Crippen molar-refractivity contribution in [1.82, 2.24) is 10.3 Å². The summed E-state index contributed by atoms with van der Waals surface area (Å²) < 4.78 is 5.32. The number of carbonyl (C=O) groups is 2. The van der Waals surface area contributed by atoms with E-state index in [1.165, 1.54) is 6.42 Å². The van der Waals surface area contributed by atoms with E-state index in [1.54, 1.807) is 13.0 Å².